The van der Waals surface area contributed by atoms with E-state index in [1.807, 2.05) is 19.9 Å². The molecule has 6 heteroatoms. The molecular formula is C12H20N4O2. The van der Waals surface area contributed by atoms with Crippen molar-refractivity contribution < 1.29 is 9.53 Å². The zero-order valence-corrected chi connectivity index (χ0v) is 11.4. The van der Waals surface area contributed by atoms with Gasteiger partial charge in [-0.2, -0.15) is 5.26 Å². The molecule has 0 aromatic heterocycles. The van der Waals surface area contributed by atoms with Crippen LogP contribution in [0.2, 0.25) is 0 Å². The van der Waals surface area contributed by atoms with Gasteiger partial charge in [0, 0.05) is 12.3 Å². The fraction of sp³-hybridized carbons (Fsp3) is 0.583. The first-order valence-corrected chi connectivity index (χ1v) is 5.61. The first-order valence-electron chi connectivity index (χ1n) is 5.61. The smallest absolute Gasteiger partial charge is 0.413 e. The van der Waals surface area contributed by atoms with Crippen molar-refractivity contribution in [3.63, 3.8) is 0 Å². The summed E-state index contributed by atoms with van der Waals surface area (Å²) < 4.78 is 5.08. The second-order valence-corrected chi connectivity index (χ2v) is 4.97. The fourth-order valence-electron chi connectivity index (χ4n) is 1.04. The number of amides is 1. The van der Waals surface area contributed by atoms with E-state index in [1.54, 1.807) is 20.8 Å². The second-order valence-electron chi connectivity index (χ2n) is 4.97. The van der Waals surface area contributed by atoms with Gasteiger partial charge in [0.2, 0.25) is 0 Å². The number of rotatable bonds is 4. The third-order valence-corrected chi connectivity index (χ3v) is 1.59. The van der Waals surface area contributed by atoms with Crippen LogP contribution in [0.5, 0.6) is 0 Å². The van der Waals surface area contributed by atoms with E-state index in [2.05, 4.69) is 10.6 Å². The lowest BCUT2D eigenvalue weighted by Gasteiger charge is -2.22. The van der Waals surface area contributed by atoms with E-state index in [1.165, 1.54) is 0 Å². The quantitative estimate of drug-likeness (QED) is 0.525. The summed E-state index contributed by atoms with van der Waals surface area (Å²) in [5.74, 6) is 0.178. The number of carbonyl (C=O) groups is 1. The summed E-state index contributed by atoms with van der Waals surface area (Å²) in [6.45, 7) is 8.94. The molecule has 0 aliphatic heterocycles. The van der Waals surface area contributed by atoms with Gasteiger partial charge in [-0.1, -0.05) is 0 Å². The molecule has 1 amide bonds. The van der Waals surface area contributed by atoms with E-state index < -0.39 is 11.7 Å². The minimum atomic E-state index is -0.666. The number of alkyl carbamates (subject to hydrolysis) is 1. The van der Waals surface area contributed by atoms with Gasteiger partial charge in [-0.15, -0.1) is 0 Å². The lowest BCUT2D eigenvalue weighted by Crippen LogP contribution is -2.39. The molecule has 0 bridgehead atoms. The first kappa shape index (κ1) is 16.0. The highest BCUT2D eigenvalue weighted by Crippen LogP contribution is 2.07. The summed E-state index contributed by atoms with van der Waals surface area (Å²) in [6.07, 6.45) is 0.211. The third kappa shape index (κ3) is 6.53. The van der Waals surface area contributed by atoms with E-state index >= 15 is 0 Å². The number of nitrogens with one attached hydrogen (secondary N) is 3. The van der Waals surface area contributed by atoms with Gasteiger partial charge in [0.1, 0.15) is 23.1 Å². The molecule has 0 radical (unpaired) electrons. The summed E-state index contributed by atoms with van der Waals surface area (Å²) in [6, 6.07) is 1.84. The molecule has 0 heterocycles. The largest absolute Gasteiger partial charge is 0.444 e. The highest BCUT2D eigenvalue weighted by atomic mass is 16.6. The summed E-state index contributed by atoms with van der Waals surface area (Å²) >= 11 is 0. The molecule has 0 aliphatic rings. The van der Waals surface area contributed by atoms with Gasteiger partial charge in [-0.3, -0.25) is 5.32 Å². The Bertz CT molecular complexity index is 386. The molecule has 0 spiro atoms. The Labute approximate surface area is 108 Å². The molecule has 6 nitrogen and oxygen atoms in total. The zero-order chi connectivity index (χ0) is 14.3. The fourth-order valence-corrected chi connectivity index (χ4v) is 1.04. The molecule has 100 valence electrons. The van der Waals surface area contributed by atoms with Crippen molar-refractivity contribution in [2.75, 3.05) is 0 Å². The molecule has 0 saturated carbocycles. The lowest BCUT2D eigenvalue weighted by molar-refractivity contribution is 0.0541. The molecule has 0 rings (SSSR count). The maximum atomic E-state index is 11.6. The van der Waals surface area contributed by atoms with Crippen LogP contribution in [0, 0.1) is 16.7 Å². The Morgan fingerprint density at radius 1 is 1.44 bits per heavy atom. The molecule has 0 aliphatic carbocycles. The van der Waals surface area contributed by atoms with E-state index in [-0.39, 0.29) is 17.4 Å². The van der Waals surface area contributed by atoms with Crippen molar-refractivity contribution in [3.8, 4) is 6.07 Å². The molecule has 0 fully saturated rings. The highest BCUT2D eigenvalue weighted by molar-refractivity contribution is 5.84. The number of carbonyl (C=O) groups excluding carboxylic acids is 1. The molecule has 3 N–H and O–H groups in total. The van der Waals surface area contributed by atoms with Crippen LogP contribution in [0.4, 0.5) is 4.79 Å². The topological polar surface area (TPSA) is 98.0 Å². The van der Waals surface area contributed by atoms with Crippen LogP contribution < -0.4 is 10.6 Å². The number of allylic oxidation sites excluding steroid dienone is 1. The van der Waals surface area contributed by atoms with E-state index in [9.17, 15) is 4.79 Å². The molecule has 0 atom stereocenters. The van der Waals surface area contributed by atoms with Crippen molar-refractivity contribution in [1.82, 2.24) is 10.6 Å². The number of hydrogen-bond donors (Lipinski definition) is 3. The summed E-state index contributed by atoms with van der Waals surface area (Å²) in [4.78, 5) is 11.6. The summed E-state index contributed by atoms with van der Waals surface area (Å²) in [5, 5.41) is 21.3. The molecule has 0 unspecified atom stereocenters. The Morgan fingerprint density at radius 3 is 2.33 bits per heavy atom. The van der Waals surface area contributed by atoms with Gasteiger partial charge in [-0.25, -0.2) is 4.79 Å². The first-order chi connectivity index (χ1) is 8.19. The molecule has 0 saturated heterocycles. The van der Waals surface area contributed by atoms with Crippen molar-refractivity contribution in [3.05, 3.63) is 11.4 Å². The van der Waals surface area contributed by atoms with Crippen LogP contribution in [0.1, 0.15) is 34.6 Å². The van der Waals surface area contributed by atoms with Crippen LogP contribution in [-0.2, 0) is 4.74 Å². The number of nitrogens with zero attached hydrogens (tertiary/aromatic N) is 1. The van der Waals surface area contributed by atoms with Crippen LogP contribution >= 0.6 is 0 Å². The lowest BCUT2D eigenvalue weighted by atomic mass is 10.2. The van der Waals surface area contributed by atoms with Crippen molar-refractivity contribution >= 4 is 12.3 Å². The average molecular weight is 252 g/mol. The monoisotopic (exact) mass is 252 g/mol. The molecular weight excluding hydrogens is 232 g/mol. The van der Waals surface area contributed by atoms with Crippen LogP contribution in [0.3, 0.4) is 0 Å². The minimum Gasteiger partial charge on any atom is -0.444 e. The summed E-state index contributed by atoms with van der Waals surface area (Å²) in [5.41, 5.74) is -0.584. The summed E-state index contributed by atoms with van der Waals surface area (Å²) in [7, 11) is 0. The van der Waals surface area contributed by atoms with Crippen molar-refractivity contribution in [1.29, 1.82) is 10.7 Å². The number of hydrogen-bond acceptors (Lipinski definition) is 5. The Morgan fingerprint density at radius 2 is 2.00 bits per heavy atom. The van der Waals surface area contributed by atoms with Gasteiger partial charge in [-0.05, 0) is 34.6 Å². The van der Waals surface area contributed by atoms with Crippen molar-refractivity contribution in [2.45, 2.75) is 46.3 Å². The minimum absolute atomic E-state index is 0.0123. The molecule has 18 heavy (non-hydrogen) atoms. The van der Waals surface area contributed by atoms with E-state index in [4.69, 9.17) is 15.4 Å². The Hall–Kier alpha value is -2.03. The van der Waals surface area contributed by atoms with Crippen molar-refractivity contribution in [2.24, 2.45) is 0 Å². The highest BCUT2D eigenvalue weighted by Gasteiger charge is 2.18. The van der Waals surface area contributed by atoms with Gasteiger partial charge >= 0.3 is 6.09 Å². The average Bonchev–Trinajstić information content (AvgIpc) is 2.14. The maximum absolute atomic E-state index is 11.6. The standard InChI is InChI=1S/C12H20N4O2/c1-8(2)15-10(9(6-13)7-14)16-11(17)18-12(3,4)5/h6,8,13,15H,1-5H3,(H,16,17)/b10-9-,13-6?. The Kier molecular flexibility index (Phi) is 5.89. The second kappa shape index (κ2) is 6.64. The van der Waals surface area contributed by atoms with Gasteiger partial charge in [0.25, 0.3) is 0 Å². The van der Waals surface area contributed by atoms with Gasteiger partial charge in [0.05, 0.1) is 0 Å². The zero-order valence-electron chi connectivity index (χ0n) is 11.4. The van der Waals surface area contributed by atoms with Crippen LogP contribution in [0.15, 0.2) is 11.4 Å². The molecule has 0 aromatic carbocycles. The van der Waals surface area contributed by atoms with Crippen LogP contribution in [0.25, 0.3) is 0 Å². The van der Waals surface area contributed by atoms with E-state index in [0.717, 1.165) is 6.21 Å². The number of ether oxygens (including phenoxy) is 1. The SMILES string of the molecule is CC(C)N/C(NC(=O)OC(C)(C)C)=C(/C#N)C=N. The molecule has 0 aromatic rings. The predicted molar refractivity (Wildman–Crippen MR) is 69.1 cm³/mol. The third-order valence-electron chi connectivity index (χ3n) is 1.59. The van der Waals surface area contributed by atoms with Crippen LogP contribution in [-0.4, -0.2) is 24.0 Å². The predicted octanol–water partition coefficient (Wildman–Crippen LogP) is 1.89. The number of nitriles is 1. The maximum Gasteiger partial charge on any atom is 0.413 e. The normalized spacial score (nSPS) is 12.3. The van der Waals surface area contributed by atoms with Gasteiger partial charge < -0.3 is 15.5 Å². The Balaban J connectivity index is 4.93. The van der Waals surface area contributed by atoms with E-state index in [0.29, 0.717) is 0 Å². The van der Waals surface area contributed by atoms with Gasteiger partial charge in [0.15, 0.2) is 0 Å².